The van der Waals surface area contributed by atoms with Gasteiger partial charge >= 0.3 is 0 Å². The van der Waals surface area contributed by atoms with Crippen LogP contribution >= 0.6 is 0 Å². The number of hydrogen-bond acceptors (Lipinski definition) is 5. The third-order valence-electron chi connectivity index (χ3n) is 3.36. The van der Waals surface area contributed by atoms with Crippen LogP contribution in [0.1, 0.15) is 11.1 Å². The number of methoxy groups -OCH3 is 3. The number of carbonyl (C=O) groups excluding carboxylic acids is 1. The molecule has 0 aliphatic carbocycles. The number of amides is 1. The molecular formula is C18H20N2O4. The van der Waals surface area contributed by atoms with Crippen LogP contribution in [0, 0.1) is 0 Å². The van der Waals surface area contributed by atoms with Crippen molar-refractivity contribution in [3.8, 4) is 17.2 Å². The number of carbonyl (C=O) groups is 1. The van der Waals surface area contributed by atoms with Crippen molar-refractivity contribution < 1.29 is 19.0 Å². The Balaban J connectivity index is 1.94. The summed E-state index contributed by atoms with van der Waals surface area (Å²) in [6, 6.07) is 12.7. The predicted octanol–water partition coefficient (Wildman–Crippen LogP) is 2.41. The van der Waals surface area contributed by atoms with Gasteiger partial charge < -0.3 is 14.2 Å². The van der Waals surface area contributed by atoms with Gasteiger partial charge in [-0.3, -0.25) is 4.79 Å². The van der Waals surface area contributed by atoms with E-state index < -0.39 is 0 Å². The molecule has 0 bridgehead atoms. The van der Waals surface area contributed by atoms with Crippen molar-refractivity contribution in [2.24, 2.45) is 5.10 Å². The van der Waals surface area contributed by atoms with Crippen LogP contribution < -0.4 is 19.6 Å². The van der Waals surface area contributed by atoms with Crippen LogP contribution in [0.25, 0.3) is 0 Å². The van der Waals surface area contributed by atoms with E-state index in [1.807, 2.05) is 24.3 Å². The Hall–Kier alpha value is -3.02. The summed E-state index contributed by atoms with van der Waals surface area (Å²) in [6.07, 6.45) is 1.77. The minimum Gasteiger partial charge on any atom is -0.497 e. The number of hydrogen-bond donors (Lipinski definition) is 1. The summed E-state index contributed by atoms with van der Waals surface area (Å²) in [7, 11) is 4.75. The first-order valence-electron chi connectivity index (χ1n) is 7.33. The Morgan fingerprint density at radius 1 is 1.00 bits per heavy atom. The first-order chi connectivity index (χ1) is 11.7. The van der Waals surface area contributed by atoms with E-state index in [0.29, 0.717) is 11.5 Å². The van der Waals surface area contributed by atoms with Crippen molar-refractivity contribution in [3.05, 3.63) is 53.6 Å². The third kappa shape index (κ3) is 4.74. The zero-order valence-electron chi connectivity index (χ0n) is 13.9. The molecule has 0 saturated carbocycles. The predicted molar refractivity (Wildman–Crippen MR) is 92.0 cm³/mol. The molecule has 1 amide bonds. The van der Waals surface area contributed by atoms with E-state index in [1.165, 1.54) is 6.21 Å². The first-order valence-corrected chi connectivity index (χ1v) is 7.33. The SMILES string of the molecule is COc1ccc(CC(=O)NN=Cc2ccc(OC)cc2OC)cc1. The Kier molecular flexibility index (Phi) is 6.19. The van der Waals surface area contributed by atoms with Crippen LogP contribution in [0.5, 0.6) is 17.2 Å². The van der Waals surface area contributed by atoms with Crippen molar-refractivity contribution in [2.45, 2.75) is 6.42 Å². The quantitative estimate of drug-likeness (QED) is 0.626. The lowest BCUT2D eigenvalue weighted by Gasteiger charge is -2.07. The molecule has 0 saturated heterocycles. The van der Waals surface area contributed by atoms with Gasteiger partial charge in [0.05, 0.1) is 34.0 Å². The van der Waals surface area contributed by atoms with Gasteiger partial charge in [0.1, 0.15) is 17.2 Å². The minimum atomic E-state index is -0.205. The molecule has 1 N–H and O–H groups in total. The van der Waals surface area contributed by atoms with Gasteiger partial charge in [-0.2, -0.15) is 5.10 Å². The molecule has 0 heterocycles. The van der Waals surface area contributed by atoms with Gasteiger partial charge in [0.2, 0.25) is 5.91 Å². The Bertz CT molecular complexity index is 711. The van der Waals surface area contributed by atoms with Gasteiger partial charge in [-0.1, -0.05) is 12.1 Å². The second kappa shape index (κ2) is 8.57. The van der Waals surface area contributed by atoms with Crippen LogP contribution in [0.2, 0.25) is 0 Å². The lowest BCUT2D eigenvalue weighted by molar-refractivity contribution is -0.120. The van der Waals surface area contributed by atoms with Gasteiger partial charge in [0, 0.05) is 11.6 Å². The number of nitrogens with one attached hydrogen (secondary N) is 1. The van der Waals surface area contributed by atoms with Gasteiger partial charge in [-0.15, -0.1) is 0 Å². The van der Waals surface area contributed by atoms with E-state index in [1.54, 1.807) is 39.5 Å². The molecule has 126 valence electrons. The number of nitrogens with zero attached hydrogens (tertiary/aromatic N) is 1. The van der Waals surface area contributed by atoms with E-state index in [4.69, 9.17) is 14.2 Å². The zero-order valence-corrected chi connectivity index (χ0v) is 13.9. The van der Waals surface area contributed by atoms with Crippen molar-refractivity contribution in [1.82, 2.24) is 5.43 Å². The van der Waals surface area contributed by atoms with Crippen LogP contribution in [-0.4, -0.2) is 33.5 Å². The number of benzene rings is 2. The monoisotopic (exact) mass is 328 g/mol. The Labute approximate surface area is 141 Å². The molecule has 0 radical (unpaired) electrons. The standard InChI is InChI=1S/C18H20N2O4/c1-22-15-7-4-13(5-8-15)10-18(21)20-19-12-14-6-9-16(23-2)11-17(14)24-3/h4-9,11-12H,10H2,1-3H3,(H,20,21). The molecule has 2 rings (SSSR count). The molecule has 24 heavy (non-hydrogen) atoms. The highest BCUT2D eigenvalue weighted by atomic mass is 16.5. The molecule has 0 unspecified atom stereocenters. The number of ether oxygens (including phenoxy) is 3. The van der Waals surface area contributed by atoms with Gasteiger partial charge in [-0.05, 0) is 29.8 Å². The van der Waals surface area contributed by atoms with Crippen LogP contribution in [0.15, 0.2) is 47.6 Å². The third-order valence-corrected chi connectivity index (χ3v) is 3.36. The summed E-state index contributed by atoms with van der Waals surface area (Å²) in [5.74, 6) is 1.85. The summed E-state index contributed by atoms with van der Waals surface area (Å²) < 4.78 is 15.5. The normalized spacial score (nSPS) is 10.5. The van der Waals surface area contributed by atoms with E-state index in [0.717, 1.165) is 16.9 Å². The van der Waals surface area contributed by atoms with E-state index >= 15 is 0 Å². The Morgan fingerprint density at radius 2 is 1.67 bits per heavy atom. The maximum Gasteiger partial charge on any atom is 0.244 e. The smallest absolute Gasteiger partial charge is 0.244 e. The van der Waals surface area contributed by atoms with Gasteiger partial charge in [0.15, 0.2) is 0 Å². The first kappa shape index (κ1) is 17.3. The van der Waals surface area contributed by atoms with Crippen molar-refractivity contribution in [1.29, 1.82) is 0 Å². The fourth-order valence-electron chi connectivity index (χ4n) is 2.07. The molecule has 0 aliphatic rings. The fraction of sp³-hybridized carbons (Fsp3) is 0.222. The summed E-state index contributed by atoms with van der Waals surface area (Å²) in [4.78, 5) is 11.9. The molecule has 0 spiro atoms. The molecule has 6 heteroatoms. The van der Waals surface area contributed by atoms with Crippen molar-refractivity contribution >= 4 is 12.1 Å². The molecule has 0 aromatic heterocycles. The van der Waals surface area contributed by atoms with E-state index in [-0.39, 0.29) is 12.3 Å². The second-order valence-electron chi connectivity index (χ2n) is 4.93. The van der Waals surface area contributed by atoms with Crippen molar-refractivity contribution in [3.63, 3.8) is 0 Å². The molecule has 2 aromatic carbocycles. The molecule has 0 aliphatic heterocycles. The number of hydrazone groups is 1. The maximum atomic E-state index is 11.9. The van der Waals surface area contributed by atoms with Crippen LogP contribution in [0.3, 0.4) is 0 Å². The lowest BCUT2D eigenvalue weighted by atomic mass is 10.1. The molecule has 6 nitrogen and oxygen atoms in total. The highest BCUT2D eigenvalue weighted by Gasteiger charge is 2.04. The maximum absolute atomic E-state index is 11.9. The fourth-order valence-corrected chi connectivity index (χ4v) is 2.07. The van der Waals surface area contributed by atoms with Crippen LogP contribution in [0.4, 0.5) is 0 Å². The summed E-state index contributed by atoms with van der Waals surface area (Å²) in [5.41, 5.74) is 4.12. The lowest BCUT2D eigenvalue weighted by Crippen LogP contribution is -2.19. The highest BCUT2D eigenvalue weighted by Crippen LogP contribution is 2.22. The second-order valence-corrected chi connectivity index (χ2v) is 4.93. The molecule has 0 fully saturated rings. The highest BCUT2D eigenvalue weighted by molar-refractivity contribution is 5.86. The van der Waals surface area contributed by atoms with Crippen LogP contribution in [-0.2, 0) is 11.2 Å². The topological polar surface area (TPSA) is 69.2 Å². The van der Waals surface area contributed by atoms with E-state index in [2.05, 4.69) is 10.5 Å². The van der Waals surface area contributed by atoms with Gasteiger partial charge in [0.25, 0.3) is 0 Å². The summed E-state index contributed by atoms with van der Waals surface area (Å²) in [5, 5.41) is 3.97. The molecule has 2 aromatic rings. The largest absolute Gasteiger partial charge is 0.497 e. The summed E-state index contributed by atoms with van der Waals surface area (Å²) >= 11 is 0. The minimum absolute atomic E-state index is 0.205. The molecular weight excluding hydrogens is 308 g/mol. The Morgan fingerprint density at radius 3 is 2.29 bits per heavy atom. The summed E-state index contributed by atoms with van der Waals surface area (Å²) in [6.45, 7) is 0. The van der Waals surface area contributed by atoms with Crippen molar-refractivity contribution in [2.75, 3.05) is 21.3 Å². The average molecular weight is 328 g/mol. The van der Waals surface area contributed by atoms with Gasteiger partial charge in [-0.25, -0.2) is 5.43 Å². The van der Waals surface area contributed by atoms with E-state index in [9.17, 15) is 4.79 Å². The average Bonchev–Trinajstić information content (AvgIpc) is 2.62. The zero-order chi connectivity index (χ0) is 17.4. The number of rotatable bonds is 7. The molecule has 0 atom stereocenters.